The molecule has 8 heteroatoms. The van der Waals surface area contributed by atoms with Gasteiger partial charge in [-0.3, -0.25) is 9.59 Å². The van der Waals surface area contributed by atoms with Gasteiger partial charge in [0.15, 0.2) is 6.73 Å². The fourth-order valence-electron chi connectivity index (χ4n) is 12.5. The minimum atomic E-state index is -1.33. The third-order valence-corrected chi connectivity index (χ3v) is 14.6. The lowest BCUT2D eigenvalue weighted by molar-refractivity contribution is -0.251. The molecule has 0 bridgehead atoms. The molecule has 0 spiro atoms. The van der Waals surface area contributed by atoms with Crippen molar-refractivity contribution in [1.29, 1.82) is 0 Å². The number of aliphatic hydroxyl groups is 1. The van der Waals surface area contributed by atoms with E-state index in [-0.39, 0.29) is 46.6 Å². The number of aliphatic hydroxyl groups excluding tert-OH is 1. The summed E-state index contributed by atoms with van der Waals surface area (Å²) in [4.78, 5) is 24.4. The van der Waals surface area contributed by atoms with Crippen molar-refractivity contribution in [3.8, 4) is 0 Å². The minimum Gasteiger partial charge on any atom is -0.481 e. The van der Waals surface area contributed by atoms with Crippen molar-refractivity contribution in [1.82, 2.24) is 0 Å². The predicted octanol–water partition coefficient (Wildman–Crippen LogP) is 8.34. The summed E-state index contributed by atoms with van der Waals surface area (Å²) in [6.07, 6.45) is 9.81. The standard InChI is InChI=1S/C35H57FN2O5/c1-30(2,19-27(40)41)20-28(42)43-26-13-15-32(5)24(31(26,3)4)12-16-34(7)25(32)11-10-22-23-9-8-14-35(23,18-17-33(22,34)6)29(36)38-37-21-39/h22-26,29,39H,8-21H2,1-7H3,(H,40,41)/b38-37+/t22-,23-,24?,25?,26+,29?,32+,33-,34-,35+/m1/s1. The van der Waals surface area contributed by atoms with Crippen LogP contribution in [0.1, 0.15) is 132 Å². The molecule has 244 valence electrons. The molecule has 0 amide bonds. The Morgan fingerprint density at radius 2 is 1.60 bits per heavy atom. The van der Waals surface area contributed by atoms with Gasteiger partial charge in [0.05, 0.1) is 12.8 Å². The molecule has 5 fully saturated rings. The number of carboxylic acid groups (broad SMARTS) is 1. The van der Waals surface area contributed by atoms with Crippen molar-refractivity contribution >= 4 is 11.9 Å². The third-order valence-electron chi connectivity index (χ3n) is 14.6. The van der Waals surface area contributed by atoms with Gasteiger partial charge in [0.25, 0.3) is 0 Å². The van der Waals surface area contributed by atoms with Gasteiger partial charge in [0.1, 0.15) is 6.10 Å². The molecule has 0 heterocycles. The van der Waals surface area contributed by atoms with Crippen molar-refractivity contribution in [3.63, 3.8) is 0 Å². The number of carbonyl (C=O) groups excluding carboxylic acids is 1. The van der Waals surface area contributed by atoms with Crippen molar-refractivity contribution in [2.75, 3.05) is 6.73 Å². The highest BCUT2D eigenvalue weighted by molar-refractivity contribution is 5.73. The number of rotatable bonds is 8. The maximum atomic E-state index is 15.7. The monoisotopic (exact) mass is 604 g/mol. The number of fused-ring (bicyclic) bond motifs is 7. The van der Waals surface area contributed by atoms with E-state index in [4.69, 9.17) is 9.84 Å². The Morgan fingerprint density at radius 1 is 0.884 bits per heavy atom. The van der Waals surface area contributed by atoms with Crippen LogP contribution in [0, 0.1) is 56.2 Å². The Kier molecular flexibility index (Phi) is 8.43. The SMILES string of the molecule is CC(C)(CC(=O)O)CC(=O)O[C@H]1CC[C@@]2(C)C(CC[C@]3(C)C2CC[C@@H]2[C@H]4CCC[C@]4(C(F)/N=N/CO)CC[C@]23C)C1(C)C. The fourth-order valence-corrected chi connectivity index (χ4v) is 12.5. The number of hydrogen-bond acceptors (Lipinski definition) is 6. The molecule has 5 aliphatic carbocycles. The first-order valence-electron chi connectivity index (χ1n) is 17.0. The Bertz CT molecular complexity index is 1130. The number of nitrogens with zero attached hydrogens (tertiary/aromatic N) is 2. The molecule has 0 radical (unpaired) electrons. The fraction of sp³-hybridized carbons (Fsp3) is 0.943. The van der Waals surface area contributed by atoms with Gasteiger partial charge in [-0.05, 0) is 110 Å². The predicted molar refractivity (Wildman–Crippen MR) is 163 cm³/mol. The molecule has 10 atom stereocenters. The maximum absolute atomic E-state index is 15.7. The van der Waals surface area contributed by atoms with Crippen LogP contribution in [0.15, 0.2) is 10.2 Å². The first-order chi connectivity index (χ1) is 20.0. The number of aliphatic carboxylic acids is 1. The first-order valence-corrected chi connectivity index (χ1v) is 17.0. The largest absolute Gasteiger partial charge is 0.481 e. The summed E-state index contributed by atoms with van der Waals surface area (Å²) in [6, 6.07) is 0. The van der Waals surface area contributed by atoms with Crippen molar-refractivity contribution in [3.05, 3.63) is 0 Å². The van der Waals surface area contributed by atoms with Crippen molar-refractivity contribution < 1.29 is 28.9 Å². The Labute approximate surface area is 258 Å². The molecule has 2 N–H and O–H groups in total. The van der Waals surface area contributed by atoms with Gasteiger partial charge in [-0.2, -0.15) is 10.2 Å². The Hall–Kier alpha value is -1.57. The topological polar surface area (TPSA) is 109 Å². The van der Waals surface area contributed by atoms with E-state index in [2.05, 4.69) is 44.8 Å². The van der Waals surface area contributed by atoms with Gasteiger partial charge in [-0.25, -0.2) is 4.39 Å². The molecule has 0 aliphatic heterocycles. The van der Waals surface area contributed by atoms with E-state index >= 15 is 4.39 Å². The first kappa shape index (κ1) is 32.8. The van der Waals surface area contributed by atoms with Gasteiger partial charge in [0, 0.05) is 10.8 Å². The summed E-state index contributed by atoms with van der Waals surface area (Å²) in [7, 11) is 0. The maximum Gasteiger partial charge on any atom is 0.306 e. The number of carboxylic acids is 1. The molecule has 5 rings (SSSR count). The van der Waals surface area contributed by atoms with Gasteiger partial charge >= 0.3 is 11.9 Å². The van der Waals surface area contributed by atoms with Crippen LogP contribution in [0.3, 0.4) is 0 Å². The van der Waals surface area contributed by atoms with Crippen LogP contribution in [-0.2, 0) is 14.3 Å². The Balaban J connectivity index is 1.36. The highest BCUT2D eigenvalue weighted by atomic mass is 19.1. The summed E-state index contributed by atoms with van der Waals surface area (Å²) in [5, 5.41) is 26.0. The summed E-state index contributed by atoms with van der Waals surface area (Å²) in [5.41, 5.74) is -0.814. The lowest BCUT2D eigenvalue weighted by atomic mass is 9.32. The average molecular weight is 605 g/mol. The minimum absolute atomic E-state index is 0.0579. The van der Waals surface area contributed by atoms with Gasteiger partial charge < -0.3 is 14.9 Å². The zero-order valence-electron chi connectivity index (χ0n) is 27.8. The van der Waals surface area contributed by atoms with E-state index in [0.717, 1.165) is 70.6 Å². The van der Waals surface area contributed by atoms with Crippen molar-refractivity contribution in [2.45, 2.75) is 144 Å². The van der Waals surface area contributed by atoms with E-state index < -0.39 is 29.8 Å². The second-order valence-electron chi connectivity index (χ2n) is 17.4. The van der Waals surface area contributed by atoms with Crippen molar-refractivity contribution in [2.24, 2.45) is 66.4 Å². The molecule has 7 nitrogen and oxygen atoms in total. The zero-order valence-corrected chi connectivity index (χ0v) is 27.8. The second kappa shape index (κ2) is 11.0. The zero-order chi connectivity index (χ0) is 31.6. The normalized spacial score (nSPS) is 44.5. The van der Waals surface area contributed by atoms with Crippen LogP contribution in [0.25, 0.3) is 0 Å². The summed E-state index contributed by atoms with van der Waals surface area (Å²) in [5.74, 6) is 0.614. The molecule has 0 saturated heterocycles. The lowest BCUT2D eigenvalue weighted by Gasteiger charge is -2.72. The smallest absolute Gasteiger partial charge is 0.306 e. The van der Waals surface area contributed by atoms with Gasteiger partial charge in [0.2, 0.25) is 6.30 Å². The number of azo groups is 1. The van der Waals surface area contributed by atoms with Crippen LogP contribution in [0.4, 0.5) is 4.39 Å². The second-order valence-corrected chi connectivity index (χ2v) is 17.4. The third kappa shape index (κ3) is 5.08. The molecule has 5 saturated carbocycles. The number of hydrogen-bond donors (Lipinski definition) is 2. The van der Waals surface area contributed by atoms with E-state index in [1.807, 2.05) is 13.8 Å². The number of carbonyl (C=O) groups is 2. The van der Waals surface area contributed by atoms with Crippen LogP contribution >= 0.6 is 0 Å². The highest BCUT2D eigenvalue weighted by Gasteiger charge is 2.71. The molecule has 0 aromatic heterocycles. The molecular formula is C35H57FN2O5. The van der Waals surface area contributed by atoms with E-state index in [1.165, 1.54) is 0 Å². The molecule has 43 heavy (non-hydrogen) atoms. The van der Waals surface area contributed by atoms with Crippen LogP contribution in [0.2, 0.25) is 0 Å². The number of esters is 1. The molecular weight excluding hydrogens is 547 g/mol. The van der Waals surface area contributed by atoms with Gasteiger partial charge in [-0.15, -0.1) is 0 Å². The summed E-state index contributed by atoms with van der Waals surface area (Å²) < 4.78 is 21.9. The van der Waals surface area contributed by atoms with Crippen LogP contribution in [-0.4, -0.2) is 41.3 Å². The Morgan fingerprint density at radius 3 is 2.28 bits per heavy atom. The van der Waals surface area contributed by atoms with E-state index in [0.29, 0.717) is 23.7 Å². The molecule has 5 aliphatic rings. The van der Waals surface area contributed by atoms with E-state index in [9.17, 15) is 14.7 Å². The number of alkyl halides is 1. The van der Waals surface area contributed by atoms with E-state index in [1.54, 1.807) is 0 Å². The van der Waals surface area contributed by atoms with Crippen LogP contribution in [0.5, 0.6) is 0 Å². The molecule has 0 aromatic carbocycles. The highest BCUT2D eigenvalue weighted by Crippen LogP contribution is 2.77. The molecule has 3 unspecified atom stereocenters. The van der Waals surface area contributed by atoms with Gasteiger partial charge in [-0.1, -0.05) is 54.9 Å². The lowest BCUT2D eigenvalue weighted by Crippen LogP contribution is -2.66. The molecule has 0 aromatic rings. The number of halogens is 1. The van der Waals surface area contributed by atoms with Crippen LogP contribution < -0.4 is 0 Å². The average Bonchev–Trinajstić information content (AvgIpc) is 3.34. The summed E-state index contributed by atoms with van der Waals surface area (Å²) in [6.45, 7) is 15.4. The quantitative estimate of drug-likeness (QED) is 0.164. The summed E-state index contributed by atoms with van der Waals surface area (Å²) >= 11 is 0. The number of ether oxygens (including phenoxy) is 1.